The molecule has 2 aromatic rings. The van der Waals surface area contributed by atoms with E-state index in [2.05, 4.69) is 0 Å². The molecule has 0 unspecified atom stereocenters. The lowest BCUT2D eigenvalue weighted by molar-refractivity contribution is -0.385. The normalized spacial score (nSPS) is 11.2. The van der Waals surface area contributed by atoms with Crippen molar-refractivity contribution in [3.8, 4) is 23.3 Å². The summed E-state index contributed by atoms with van der Waals surface area (Å²) in [7, 11) is 0. The number of carbonyl (C=O) groups is 1. The zero-order chi connectivity index (χ0) is 17.6. The molecule has 0 aromatic heterocycles. The Morgan fingerprint density at radius 1 is 0.792 bits per heavy atom. The van der Waals surface area contributed by atoms with Crippen LogP contribution in [0.4, 0.5) is 11.4 Å². The van der Waals surface area contributed by atoms with Gasteiger partial charge in [0.05, 0.1) is 21.0 Å². The van der Waals surface area contributed by atoms with Crippen LogP contribution in [-0.4, -0.2) is 15.6 Å². The Hall–Kier alpha value is -4.11. The third-order valence-electron chi connectivity index (χ3n) is 3.65. The van der Waals surface area contributed by atoms with E-state index in [0.717, 1.165) is 24.3 Å². The summed E-state index contributed by atoms with van der Waals surface area (Å²) >= 11 is 0. The van der Waals surface area contributed by atoms with Crippen LogP contribution in [0.3, 0.4) is 0 Å². The molecule has 0 spiro atoms. The van der Waals surface area contributed by atoms with Gasteiger partial charge in [-0.05, 0) is 0 Å². The highest BCUT2D eigenvalue weighted by molar-refractivity contribution is 6.23. The largest absolute Gasteiger partial charge is 0.289 e. The minimum atomic E-state index is -0.745. The molecule has 0 amide bonds. The minimum Gasteiger partial charge on any atom is -0.289 e. The van der Waals surface area contributed by atoms with Crippen LogP contribution in [0.15, 0.2) is 24.3 Å². The summed E-state index contributed by atoms with van der Waals surface area (Å²) in [4.78, 5) is 32.9. The molecule has 0 fully saturated rings. The fourth-order valence-corrected chi connectivity index (χ4v) is 2.68. The number of ketones is 1. The predicted octanol–water partition coefficient (Wildman–Crippen LogP) is 2.46. The molecule has 9 heteroatoms. The molecule has 0 aliphatic heterocycles. The predicted molar refractivity (Wildman–Crippen MR) is 78.0 cm³/mol. The van der Waals surface area contributed by atoms with Gasteiger partial charge in [0, 0.05) is 46.5 Å². The number of carbonyl (C=O) groups excluding carboxylic acids is 1. The van der Waals surface area contributed by atoms with Gasteiger partial charge in [-0.1, -0.05) is 0 Å². The van der Waals surface area contributed by atoms with Crippen molar-refractivity contribution in [3.05, 3.63) is 66.7 Å². The number of hydrogen-bond donors (Lipinski definition) is 0. The highest BCUT2D eigenvalue weighted by atomic mass is 16.6. The first kappa shape index (κ1) is 14.8. The van der Waals surface area contributed by atoms with Crippen LogP contribution in [0.25, 0.3) is 11.1 Å². The first-order valence-corrected chi connectivity index (χ1v) is 6.39. The van der Waals surface area contributed by atoms with Crippen molar-refractivity contribution in [2.24, 2.45) is 0 Å². The fraction of sp³-hybridized carbons (Fsp3) is 0. The van der Waals surface area contributed by atoms with Gasteiger partial charge in [-0.25, -0.2) is 0 Å². The van der Waals surface area contributed by atoms with Crippen molar-refractivity contribution in [1.29, 1.82) is 10.5 Å². The van der Waals surface area contributed by atoms with E-state index in [0.29, 0.717) is 0 Å². The second kappa shape index (κ2) is 4.97. The Morgan fingerprint density at radius 3 is 1.46 bits per heavy atom. The summed E-state index contributed by atoms with van der Waals surface area (Å²) in [6.07, 6.45) is 0. The van der Waals surface area contributed by atoms with Gasteiger partial charge >= 0.3 is 0 Å². The number of nitrogens with zero attached hydrogens (tertiary/aromatic N) is 4. The summed E-state index contributed by atoms with van der Waals surface area (Å²) in [5, 5.41) is 40.4. The molecule has 1 aliphatic rings. The number of non-ortho nitro benzene ring substituents is 2. The Morgan fingerprint density at radius 2 is 1.17 bits per heavy atom. The van der Waals surface area contributed by atoms with Crippen LogP contribution >= 0.6 is 0 Å². The lowest BCUT2D eigenvalue weighted by Gasteiger charge is -2.05. The third kappa shape index (κ3) is 1.90. The van der Waals surface area contributed by atoms with Gasteiger partial charge in [0.2, 0.25) is 0 Å². The first-order chi connectivity index (χ1) is 11.4. The van der Waals surface area contributed by atoms with E-state index in [1.54, 1.807) is 12.1 Å². The number of nitro benzene ring substituents is 2. The Labute approximate surface area is 133 Å². The smallest absolute Gasteiger partial charge is 0.271 e. The van der Waals surface area contributed by atoms with Gasteiger partial charge in [-0.2, -0.15) is 10.5 Å². The molecule has 0 atom stereocenters. The molecule has 0 saturated carbocycles. The molecular formula is C15H4N4O5. The monoisotopic (exact) mass is 320 g/mol. The zero-order valence-electron chi connectivity index (χ0n) is 11.6. The quantitative estimate of drug-likeness (QED) is 0.519. The molecule has 1 aliphatic carbocycles. The second-order valence-corrected chi connectivity index (χ2v) is 4.90. The van der Waals surface area contributed by atoms with Crippen LogP contribution in [0.2, 0.25) is 0 Å². The molecule has 0 heterocycles. The Kier molecular flexibility index (Phi) is 3.07. The zero-order valence-corrected chi connectivity index (χ0v) is 11.6. The number of benzene rings is 2. The van der Waals surface area contributed by atoms with Crippen molar-refractivity contribution >= 4 is 17.2 Å². The standard InChI is InChI=1S/C15H4N4O5/c16-5-7-1-9(18(21)22)3-11-13(7)14-8(6-17)2-10(19(23)24)4-12(14)15(11)20/h1-4H. The number of nitro groups is 2. The summed E-state index contributed by atoms with van der Waals surface area (Å²) < 4.78 is 0. The molecule has 0 saturated heterocycles. The van der Waals surface area contributed by atoms with Gasteiger partial charge in [-0.3, -0.25) is 25.0 Å². The topological polar surface area (TPSA) is 151 Å². The summed E-state index contributed by atoms with van der Waals surface area (Å²) in [5.41, 5.74) is -1.23. The number of nitriles is 2. The molecule has 0 radical (unpaired) electrons. The Balaban J connectivity index is 2.44. The maximum absolute atomic E-state index is 12.5. The van der Waals surface area contributed by atoms with Gasteiger partial charge in [-0.15, -0.1) is 0 Å². The Bertz CT molecular complexity index is 975. The lowest BCUT2D eigenvalue weighted by Crippen LogP contribution is -1.99. The van der Waals surface area contributed by atoms with Crippen molar-refractivity contribution in [3.63, 3.8) is 0 Å². The van der Waals surface area contributed by atoms with Gasteiger partial charge < -0.3 is 0 Å². The van der Waals surface area contributed by atoms with E-state index in [1.807, 2.05) is 0 Å². The second-order valence-electron chi connectivity index (χ2n) is 4.90. The molecule has 9 nitrogen and oxygen atoms in total. The van der Waals surface area contributed by atoms with Gasteiger partial charge in [0.15, 0.2) is 5.78 Å². The number of rotatable bonds is 2. The third-order valence-corrected chi connectivity index (χ3v) is 3.65. The highest BCUT2D eigenvalue weighted by Gasteiger charge is 2.35. The van der Waals surface area contributed by atoms with Crippen molar-refractivity contribution in [1.82, 2.24) is 0 Å². The van der Waals surface area contributed by atoms with E-state index in [1.165, 1.54) is 0 Å². The highest BCUT2D eigenvalue weighted by Crippen LogP contribution is 2.44. The SMILES string of the molecule is N#Cc1cc([N+](=O)[O-])cc2c1-c1c(C#N)cc([N+](=O)[O-])cc1C2=O. The van der Waals surface area contributed by atoms with E-state index in [-0.39, 0.29) is 33.4 Å². The number of hydrogen-bond acceptors (Lipinski definition) is 7. The van der Waals surface area contributed by atoms with Crippen LogP contribution in [-0.2, 0) is 0 Å². The van der Waals surface area contributed by atoms with Crippen LogP contribution in [0, 0.1) is 42.9 Å². The average molecular weight is 320 g/mol. The molecule has 114 valence electrons. The van der Waals surface area contributed by atoms with E-state index in [4.69, 9.17) is 0 Å². The summed E-state index contributed by atoms with van der Waals surface area (Å²) in [5.74, 6) is -0.694. The van der Waals surface area contributed by atoms with Crippen molar-refractivity contribution in [2.45, 2.75) is 0 Å². The molecule has 0 N–H and O–H groups in total. The van der Waals surface area contributed by atoms with Crippen LogP contribution in [0.5, 0.6) is 0 Å². The lowest BCUT2D eigenvalue weighted by atomic mass is 9.95. The fourth-order valence-electron chi connectivity index (χ4n) is 2.68. The van der Waals surface area contributed by atoms with Crippen molar-refractivity contribution in [2.75, 3.05) is 0 Å². The van der Waals surface area contributed by atoms with Crippen molar-refractivity contribution < 1.29 is 14.6 Å². The number of fused-ring (bicyclic) bond motifs is 3. The molecule has 3 rings (SSSR count). The van der Waals surface area contributed by atoms with Crippen LogP contribution in [0.1, 0.15) is 27.0 Å². The average Bonchev–Trinajstić information content (AvgIpc) is 2.86. The van der Waals surface area contributed by atoms with E-state index < -0.39 is 27.0 Å². The molecule has 24 heavy (non-hydrogen) atoms. The van der Waals surface area contributed by atoms with Gasteiger partial charge in [0.1, 0.15) is 12.1 Å². The maximum atomic E-state index is 12.5. The van der Waals surface area contributed by atoms with E-state index >= 15 is 0 Å². The van der Waals surface area contributed by atoms with Gasteiger partial charge in [0.25, 0.3) is 11.4 Å². The minimum absolute atomic E-state index is 0.0922. The van der Waals surface area contributed by atoms with Crippen LogP contribution < -0.4 is 0 Å². The van der Waals surface area contributed by atoms with E-state index in [9.17, 15) is 35.5 Å². The summed E-state index contributed by atoms with van der Waals surface area (Å²) in [6.45, 7) is 0. The first-order valence-electron chi connectivity index (χ1n) is 6.39. The maximum Gasteiger partial charge on any atom is 0.271 e. The molecule has 2 aromatic carbocycles. The molecular weight excluding hydrogens is 316 g/mol. The summed E-state index contributed by atoms with van der Waals surface area (Å²) in [6, 6.07) is 7.56. The molecule has 0 bridgehead atoms.